The Hall–Kier alpha value is -3.21. The molecule has 266 valence electrons. The van der Waals surface area contributed by atoms with Gasteiger partial charge in [0, 0.05) is 45.8 Å². The maximum Gasteiger partial charge on any atom is 0.373 e. The van der Waals surface area contributed by atoms with Gasteiger partial charge in [0.25, 0.3) is 0 Å². The van der Waals surface area contributed by atoms with Gasteiger partial charge in [0.15, 0.2) is 17.3 Å². The summed E-state index contributed by atoms with van der Waals surface area (Å²) in [5.41, 5.74) is 0. The minimum absolute atomic E-state index is 0.0116. The van der Waals surface area contributed by atoms with Gasteiger partial charge in [-0.25, -0.2) is 19.3 Å². The van der Waals surface area contributed by atoms with E-state index in [1.54, 1.807) is 0 Å². The van der Waals surface area contributed by atoms with Crippen molar-refractivity contribution >= 4 is 17.9 Å². The first-order valence-corrected chi connectivity index (χ1v) is 15.6. The summed E-state index contributed by atoms with van der Waals surface area (Å²) in [5.74, 6) is -6.63. The number of nitrogens with zero attached hydrogens (tertiary/aromatic N) is 2. The van der Waals surface area contributed by atoms with Crippen LogP contribution in [0.3, 0.4) is 0 Å². The molecule has 0 aromatic carbocycles. The number of aliphatic hydroxyl groups is 6. The molecule has 0 aromatic rings. The lowest BCUT2D eigenvalue weighted by Crippen LogP contribution is -2.54. The van der Waals surface area contributed by atoms with Crippen molar-refractivity contribution < 1.29 is 64.0 Å². The first-order chi connectivity index (χ1) is 21.8. The van der Waals surface area contributed by atoms with Crippen molar-refractivity contribution in [2.75, 3.05) is 65.8 Å². The summed E-state index contributed by atoms with van der Waals surface area (Å²) in [7, 11) is 0. The van der Waals surface area contributed by atoms with Crippen molar-refractivity contribution in [1.29, 1.82) is 0 Å². The van der Waals surface area contributed by atoms with Crippen LogP contribution < -0.4 is 0 Å². The number of aliphatic hydroxyl groups excluding tert-OH is 4. The number of rotatable bonds is 26. The van der Waals surface area contributed by atoms with Crippen molar-refractivity contribution in [2.45, 2.75) is 78.2 Å². The van der Waals surface area contributed by atoms with Gasteiger partial charge in [-0.15, -0.1) is 0 Å². The molecule has 0 aromatic heterocycles. The minimum Gasteiger partial charge on any atom is -0.502 e. The standard InChI is InChI=1S/C31H54N2O13/c1-5-9-18-43-23-24(34)22-33(16-12-21-46-30(40)27(37)8-4)31(41,42)13-17-32(14-10-19-44-28(38)25(35)6-2)15-11-20-45-29(39)26(36)7-3/h6-8,24,34-37,41-42H,5,9-23H2,1-4H3. The lowest BCUT2D eigenvalue weighted by Gasteiger charge is -2.37. The number of ether oxygens (including phenoxy) is 4. The lowest BCUT2D eigenvalue weighted by atomic mass is 10.2. The van der Waals surface area contributed by atoms with E-state index in [9.17, 15) is 45.0 Å². The topological polar surface area (TPSA) is 216 Å². The monoisotopic (exact) mass is 662 g/mol. The molecule has 0 fully saturated rings. The number of hydrogen-bond donors (Lipinski definition) is 6. The third-order valence-electron chi connectivity index (χ3n) is 6.61. The minimum atomic E-state index is -2.41. The molecule has 0 saturated heterocycles. The highest BCUT2D eigenvalue weighted by molar-refractivity contribution is 5.86. The molecule has 15 nitrogen and oxygen atoms in total. The normalized spacial score (nSPS) is 13.6. The molecule has 1 unspecified atom stereocenters. The van der Waals surface area contributed by atoms with Gasteiger partial charge in [-0.05, 0) is 64.7 Å². The number of hydrogen-bond acceptors (Lipinski definition) is 15. The first-order valence-electron chi connectivity index (χ1n) is 15.6. The van der Waals surface area contributed by atoms with Gasteiger partial charge in [0.2, 0.25) is 5.91 Å². The van der Waals surface area contributed by atoms with E-state index in [1.807, 2.05) is 11.8 Å². The zero-order valence-corrected chi connectivity index (χ0v) is 27.6. The predicted molar refractivity (Wildman–Crippen MR) is 167 cm³/mol. The average molecular weight is 663 g/mol. The van der Waals surface area contributed by atoms with Gasteiger partial charge in [-0.1, -0.05) is 13.3 Å². The maximum atomic E-state index is 11.7. The van der Waals surface area contributed by atoms with Gasteiger partial charge < -0.3 is 54.5 Å². The van der Waals surface area contributed by atoms with E-state index in [2.05, 4.69) is 0 Å². The van der Waals surface area contributed by atoms with E-state index >= 15 is 0 Å². The van der Waals surface area contributed by atoms with Crippen LogP contribution in [0.4, 0.5) is 0 Å². The quantitative estimate of drug-likeness (QED) is 0.0195. The second kappa shape index (κ2) is 25.0. The largest absolute Gasteiger partial charge is 0.502 e. The SMILES string of the molecule is CC=C(O)C(=O)OCCCN(CCCOC(=O)C(O)=CC)CCC(O)(O)N(CCCOC(=O)C(O)=CC)CC(O)COCCCC. The Kier molecular flexibility index (Phi) is 23.2. The Bertz CT molecular complexity index is 943. The average Bonchev–Trinajstić information content (AvgIpc) is 3.04. The fraction of sp³-hybridized carbons (Fsp3) is 0.710. The Morgan fingerprint density at radius 3 is 1.54 bits per heavy atom. The fourth-order valence-electron chi connectivity index (χ4n) is 3.89. The molecule has 46 heavy (non-hydrogen) atoms. The van der Waals surface area contributed by atoms with Crippen LogP contribution in [-0.4, -0.2) is 136 Å². The molecule has 0 rings (SSSR count). The Morgan fingerprint density at radius 1 is 0.696 bits per heavy atom. The summed E-state index contributed by atoms with van der Waals surface area (Å²) in [6.07, 6.45) is 4.91. The maximum absolute atomic E-state index is 11.7. The smallest absolute Gasteiger partial charge is 0.373 e. The van der Waals surface area contributed by atoms with Gasteiger partial charge in [-0.3, -0.25) is 0 Å². The summed E-state index contributed by atoms with van der Waals surface area (Å²) in [6, 6.07) is 0. The van der Waals surface area contributed by atoms with Crippen LogP contribution in [0.5, 0.6) is 0 Å². The van der Waals surface area contributed by atoms with Crippen molar-refractivity contribution in [1.82, 2.24) is 9.80 Å². The summed E-state index contributed by atoms with van der Waals surface area (Å²) in [4.78, 5) is 38.2. The molecule has 0 aliphatic heterocycles. The highest BCUT2D eigenvalue weighted by atomic mass is 16.6. The molecule has 0 spiro atoms. The van der Waals surface area contributed by atoms with E-state index in [0.29, 0.717) is 32.5 Å². The molecule has 0 aliphatic rings. The zero-order valence-electron chi connectivity index (χ0n) is 27.6. The Balaban J connectivity index is 5.44. The molecule has 0 heterocycles. The number of allylic oxidation sites excluding steroid dienone is 3. The second-order valence-electron chi connectivity index (χ2n) is 10.4. The van der Waals surface area contributed by atoms with Gasteiger partial charge in [0.05, 0.1) is 32.5 Å². The predicted octanol–water partition coefficient (Wildman–Crippen LogP) is 1.98. The van der Waals surface area contributed by atoms with Crippen molar-refractivity contribution in [3.63, 3.8) is 0 Å². The van der Waals surface area contributed by atoms with E-state index in [4.69, 9.17) is 18.9 Å². The van der Waals surface area contributed by atoms with Crippen molar-refractivity contribution in [3.05, 3.63) is 35.5 Å². The summed E-state index contributed by atoms with van der Waals surface area (Å²) >= 11 is 0. The van der Waals surface area contributed by atoms with Gasteiger partial charge in [-0.2, -0.15) is 0 Å². The highest BCUT2D eigenvalue weighted by Crippen LogP contribution is 2.17. The van der Waals surface area contributed by atoms with Crippen LogP contribution in [0.1, 0.15) is 66.2 Å². The molecule has 1 atom stereocenters. The molecule has 0 saturated carbocycles. The number of carbonyl (C=O) groups excluding carboxylic acids is 3. The van der Waals surface area contributed by atoms with Crippen LogP contribution in [0, 0.1) is 0 Å². The summed E-state index contributed by atoms with van der Waals surface area (Å²) < 4.78 is 20.5. The molecular weight excluding hydrogens is 608 g/mol. The number of carbonyl (C=O) groups is 3. The third kappa shape index (κ3) is 19.3. The molecule has 0 aliphatic carbocycles. The third-order valence-corrected chi connectivity index (χ3v) is 6.61. The molecule has 0 radical (unpaired) electrons. The van der Waals surface area contributed by atoms with E-state index in [-0.39, 0.29) is 58.9 Å². The van der Waals surface area contributed by atoms with Gasteiger partial charge >= 0.3 is 17.9 Å². The van der Waals surface area contributed by atoms with Crippen molar-refractivity contribution in [2.24, 2.45) is 0 Å². The molecular formula is C31H54N2O13. The lowest BCUT2D eigenvalue weighted by molar-refractivity contribution is -0.274. The summed E-state index contributed by atoms with van der Waals surface area (Å²) in [6.45, 7) is 7.37. The van der Waals surface area contributed by atoms with Crippen LogP contribution in [0.25, 0.3) is 0 Å². The zero-order chi connectivity index (χ0) is 35.0. The first kappa shape index (κ1) is 42.8. The Labute approximate surface area is 271 Å². The van der Waals surface area contributed by atoms with Crippen molar-refractivity contribution in [3.8, 4) is 0 Å². The molecule has 15 heteroatoms. The van der Waals surface area contributed by atoms with Crippen LogP contribution in [0.15, 0.2) is 35.5 Å². The summed E-state index contributed by atoms with van der Waals surface area (Å²) in [5, 5.41) is 61.2. The second-order valence-corrected chi connectivity index (χ2v) is 10.4. The fourth-order valence-corrected chi connectivity index (χ4v) is 3.89. The van der Waals surface area contributed by atoms with E-state index in [0.717, 1.165) is 12.8 Å². The highest BCUT2D eigenvalue weighted by Gasteiger charge is 2.33. The number of esters is 3. The number of unbranched alkanes of at least 4 members (excludes halogenated alkanes) is 1. The van der Waals surface area contributed by atoms with Gasteiger partial charge in [0.1, 0.15) is 0 Å². The molecule has 6 N–H and O–H groups in total. The Morgan fingerprint density at radius 2 is 1.13 bits per heavy atom. The molecule has 0 amide bonds. The van der Waals surface area contributed by atoms with E-state index < -0.39 is 47.2 Å². The van der Waals surface area contributed by atoms with E-state index in [1.165, 1.54) is 43.9 Å². The van der Waals surface area contributed by atoms with Crippen LogP contribution >= 0.6 is 0 Å². The van der Waals surface area contributed by atoms with Crippen LogP contribution in [-0.2, 0) is 33.3 Å². The molecule has 0 bridgehead atoms. The van der Waals surface area contributed by atoms with Crippen LogP contribution in [0.2, 0.25) is 0 Å².